The summed E-state index contributed by atoms with van der Waals surface area (Å²) in [6, 6.07) is 5.03. The normalized spacial score (nSPS) is 14.4. The molecule has 180 valence electrons. The van der Waals surface area contributed by atoms with Crippen LogP contribution in [0.5, 0.6) is 5.75 Å². The number of fused-ring (bicyclic) bond motifs is 1. The van der Waals surface area contributed by atoms with Crippen LogP contribution in [-0.2, 0) is 15.7 Å². The van der Waals surface area contributed by atoms with Crippen LogP contribution in [0.15, 0.2) is 41.7 Å². The molecule has 0 radical (unpaired) electrons. The predicted octanol–water partition coefficient (Wildman–Crippen LogP) is 1.48. The van der Waals surface area contributed by atoms with Gasteiger partial charge in [-0.3, -0.25) is 9.59 Å². The molecule has 4 rings (SSSR count). The third kappa shape index (κ3) is 5.42. The van der Waals surface area contributed by atoms with Crippen molar-refractivity contribution in [3.05, 3.63) is 52.8 Å². The third-order valence-electron chi connectivity index (χ3n) is 5.22. The quantitative estimate of drug-likeness (QED) is 0.508. The molecule has 13 heteroatoms. The number of aromatic nitrogens is 4. The van der Waals surface area contributed by atoms with Gasteiger partial charge >= 0.3 is 6.18 Å². The van der Waals surface area contributed by atoms with Crippen LogP contribution in [0.3, 0.4) is 0 Å². The molecule has 1 aliphatic rings. The van der Waals surface area contributed by atoms with Gasteiger partial charge in [-0.1, -0.05) is 6.07 Å². The van der Waals surface area contributed by atoms with Crippen LogP contribution in [0.2, 0.25) is 0 Å². The van der Waals surface area contributed by atoms with Gasteiger partial charge in [0.15, 0.2) is 0 Å². The zero-order valence-corrected chi connectivity index (χ0v) is 17.9. The van der Waals surface area contributed by atoms with Crippen LogP contribution in [0.4, 0.5) is 19.1 Å². The number of nitrogens with zero attached hydrogens (tertiary/aromatic N) is 5. The first-order valence-corrected chi connectivity index (χ1v) is 10.4. The Hall–Kier alpha value is -3.74. The molecule has 3 heterocycles. The smallest absolute Gasteiger partial charge is 0.419 e. The Labute approximate surface area is 191 Å². The zero-order valence-electron chi connectivity index (χ0n) is 17.9. The van der Waals surface area contributed by atoms with Crippen LogP contribution in [0, 0.1) is 0 Å². The lowest BCUT2D eigenvalue weighted by atomic mass is 10.2. The molecule has 0 atom stereocenters. The highest BCUT2D eigenvalue weighted by atomic mass is 19.4. The summed E-state index contributed by atoms with van der Waals surface area (Å²) in [5.74, 6) is 0.435. The van der Waals surface area contributed by atoms with Crippen molar-refractivity contribution >= 4 is 22.8 Å². The van der Waals surface area contributed by atoms with Gasteiger partial charge < -0.3 is 24.3 Å². The molecule has 1 amide bonds. The third-order valence-corrected chi connectivity index (χ3v) is 5.22. The van der Waals surface area contributed by atoms with E-state index in [2.05, 4.69) is 19.9 Å². The first-order chi connectivity index (χ1) is 16.3. The molecule has 0 spiro atoms. The van der Waals surface area contributed by atoms with Gasteiger partial charge in [0.2, 0.25) is 11.9 Å². The highest BCUT2D eigenvalue weighted by Crippen LogP contribution is 2.28. The van der Waals surface area contributed by atoms with Crippen molar-refractivity contribution in [3.8, 4) is 5.75 Å². The van der Waals surface area contributed by atoms with Gasteiger partial charge in [-0.05, 0) is 12.1 Å². The van der Waals surface area contributed by atoms with Gasteiger partial charge in [-0.2, -0.15) is 13.2 Å². The summed E-state index contributed by atoms with van der Waals surface area (Å²) in [6.45, 7) is 1.73. The Balaban J connectivity index is 1.19. The van der Waals surface area contributed by atoms with Crippen molar-refractivity contribution in [2.45, 2.75) is 6.18 Å². The number of rotatable bonds is 7. The van der Waals surface area contributed by atoms with E-state index in [1.165, 1.54) is 6.33 Å². The van der Waals surface area contributed by atoms with Gasteiger partial charge in [-0.15, -0.1) is 0 Å². The van der Waals surface area contributed by atoms with Crippen LogP contribution < -0.4 is 15.2 Å². The number of H-pyrrole nitrogens is 1. The van der Waals surface area contributed by atoms with Crippen LogP contribution in [0.1, 0.15) is 5.56 Å². The minimum absolute atomic E-state index is 0.131. The van der Waals surface area contributed by atoms with E-state index in [1.54, 1.807) is 28.0 Å². The summed E-state index contributed by atoms with van der Waals surface area (Å²) in [6.07, 6.45) is -1.68. The number of alkyl halides is 3. The van der Waals surface area contributed by atoms with Crippen molar-refractivity contribution in [2.75, 3.05) is 50.9 Å². The SMILES string of the molecule is O=C(COCCOc1cccc2c(=O)[nH]cnc12)N1CCN(c2ncc(C(F)(F)F)cn2)CC1. The molecule has 1 aliphatic heterocycles. The molecule has 1 N–H and O–H groups in total. The molecule has 2 aromatic heterocycles. The number of ether oxygens (including phenoxy) is 2. The Bertz CT molecular complexity index is 1190. The number of para-hydroxylation sites is 1. The van der Waals surface area contributed by atoms with E-state index in [9.17, 15) is 22.8 Å². The van der Waals surface area contributed by atoms with Gasteiger partial charge in [0.05, 0.1) is 23.9 Å². The number of hydrogen-bond acceptors (Lipinski definition) is 8. The Morgan fingerprint density at radius 1 is 1.06 bits per heavy atom. The number of benzene rings is 1. The molecule has 0 unspecified atom stereocenters. The van der Waals surface area contributed by atoms with Gasteiger partial charge in [0, 0.05) is 38.6 Å². The first-order valence-electron chi connectivity index (χ1n) is 10.4. The predicted molar refractivity (Wildman–Crippen MR) is 115 cm³/mol. The fraction of sp³-hybridized carbons (Fsp3) is 0.381. The van der Waals surface area contributed by atoms with Crippen molar-refractivity contribution in [1.82, 2.24) is 24.8 Å². The molecule has 0 bridgehead atoms. The standard InChI is InChI=1S/C21H21F3N6O4/c22-21(23,24)14-10-25-20(26-11-14)30-6-4-29(5-7-30)17(31)12-33-8-9-34-16-3-1-2-15-18(16)27-13-28-19(15)32/h1-3,10-11,13H,4-9,12H2,(H,27,28,32). The summed E-state index contributed by atoms with van der Waals surface area (Å²) in [7, 11) is 0. The minimum Gasteiger partial charge on any atom is -0.489 e. The number of hydrogen-bond donors (Lipinski definition) is 1. The second-order valence-corrected chi connectivity index (χ2v) is 7.42. The maximum Gasteiger partial charge on any atom is 0.419 e. The van der Waals surface area contributed by atoms with Crippen molar-refractivity contribution in [3.63, 3.8) is 0 Å². The van der Waals surface area contributed by atoms with E-state index in [0.717, 1.165) is 12.4 Å². The van der Waals surface area contributed by atoms with Crippen molar-refractivity contribution in [2.24, 2.45) is 0 Å². The fourth-order valence-corrected chi connectivity index (χ4v) is 3.44. The highest BCUT2D eigenvalue weighted by Gasteiger charge is 2.32. The molecule has 0 saturated carbocycles. The van der Waals surface area contributed by atoms with E-state index in [0.29, 0.717) is 42.8 Å². The maximum atomic E-state index is 12.6. The Morgan fingerprint density at radius 3 is 2.50 bits per heavy atom. The van der Waals surface area contributed by atoms with Crippen molar-refractivity contribution in [1.29, 1.82) is 0 Å². The van der Waals surface area contributed by atoms with Crippen LogP contribution in [-0.4, -0.2) is 76.7 Å². The highest BCUT2D eigenvalue weighted by molar-refractivity contribution is 5.83. The monoisotopic (exact) mass is 478 g/mol. The number of halogens is 3. The van der Waals surface area contributed by atoms with Gasteiger partial charge in [0.25, 0.3) is 5.56 Å². The number of carbonyl (C=O) groups is 1. The van der Waals surface area contributed by atoms with Crippen LogP contribution in [0.25, 0.3) is 10.9 Å². The van der Waals surface area contributed by atoms with E-state index in [-0.39, 0.29) is 37.2 Å². The van der Waals surface area contributed by atoms with E-state index in [4.69, 9.17) is 9.47 Å². The van der Waals surface area contributed by atoms with Gasteiger partial charge in [0.1, 0.15) is 24.5 Å². The van der Waals surface area contributed by atoms with E-state index in [1.807, 2.05) is 0 Å². The second-order valence-electron chi connectivity index (χ2n) is 7.42. The van der Waals surface area contributed by atoms with Crippen LogP contribution >= 0.6 is 0 Å². The lowest BCUT2D eigenvalue weighted by molar-refractivity contribution is -0.138. The number of piperazine rings is 1. The molecule has 10 nitrogen and oxygen atoms in total. The summed E-state index contributed by atoms with van der Waals surface area (Å²) in [4.78, 5) is 41.7. The Morgan fingerprint density at radius 2 is 1.79 bits per heavy atom. The molecule has 1 fully saturated rings. The molecule has 34 heavy (non-hydrogen) atoms. The van der Waals surface area contributed by atoms with Crippen molar-refractivity contribution < 1.29 is 27.4 Å². The summed E-state index contributed by atoms with van der Waals surface area (Å²) >= 11 is 0. The number of amides is 1. The number of aromatic amines is 1. The summed E-state index contributed by atoms with van der Waals surface area (Å²) in [5, 5.41) is 0.414. The first kappa shape index (κ1) is 23.4. The lowest BCUT2D eigenvalue weighted by Crippen LogP contribution is -2.50. The minimum atomic E-state index is -4.49. The molecule has 1 aromatic carbocycles. The molecular formula is C21H21F3N6O4. The van der Waals surface area contributed by atoms with E-state index >= 15 is 0 Å². The topological polar surface area (TPSA) is 114 Å². The maximum absolute atomic E-state index is 12.6. The fourth-order valence-electron chi connectivity index (χ4n) is 3.44. The number of nitrogens with one attached hydrogen (secondary N) is 1. The van der Waals surface area contributed by atoms with Gasteiger partial charge in [-0.25, -0.2) is 15.0 Å². The molecule has 1 saturated heterocycles. The van der Waals surface area contributed by atoms with E-state index < -0.39 is 11.7 Å². The molecule has 0 aliphatic carbocycles. The number of anilines is 1. The zero-order chi connectivity index (χ0) is 24.1. The largest absolute Gasteiger partial charge is 0.489 e. The second kappa shape index (κ2) is 10.0. The average Bonchev–Trinajstić information content (AvgIpc) is 2.84. The summed E-state index contributed by atoms with van der Waals surface area (Å²) in [5.41, 5.74) is -0.726. The lowest BCUT2D eigenvalue weighted by Gasteiger charge is -2.34. The molecular weight excluding hydrogens is 457 g/mol. The average molecular weight is 478 g/mol. The Kier molecular flexibility index (Phi) is 6.91. The summed E-state index contributed by atoms with van der Waals surface area (Å²) < 4.78 is 49.0. The number of carbonyl (C=O) groups excluding carboxylic acids is 1. The molecule has 3 aromatic rings.